The molecule has 4 aliphatic rings. The number of halogens is 2. The van der Waals surface area contributed by atoms with Gasteiger partial charge in [0.15, 0.2) is 9.75 Å². The second-order valence-corrected chi connectivity index (χ2v) is 12.9. The van der Waals surface area contributed by atoms with Gasteiger partial charge in [0.25, 0.3) is 11.8 Å². The molecule has 0 radical (unpaired) electrons. The summed E-state index contributed by atoms with van der Waals surface area (Å²) >= 11 is 15.9. The van der Waals surface area contributed by atoms with Crippen LogP contribution in [0.2, 0.25) is 0 Å². The Labute approximate surface area is 244 Å². The number of methoxy groups -OCH3 is 2. The summed E-state index contributed by atoms with van der Waals surface area (Å²) in [5, 5.41) is 12.2. The van der Waals surface area contributed by atoms with Crippen LogP contribution < -0.4 is 9.47 Å². The van der Waals surface area contributed by atoms with Crippen LogP contribution in [0.25, 0.3) is 0 Å². The fourth-order valence-electron chi connectivity index (χ4n) is 7.05. The summed E-state index contributed by atoms with van der Waals surface area (Å²) in [7, 11) is 4.12. The minimum atomic E-state index is -1.99. The van der Waals surface area contributed by atoms with Crippen molar-refractivity contribution >= 4 is 58.2 Å². The molecule has 6 unspecified atom stereocenters. The Morgan fingerprint density at radius 3 is 2.33 bits per heavy atom. The number of likely N-dealkylation sites (tertiary alicyclic amines) is 2. The maximum Gasteiger partial charge on any atom is 0.253 e. The maximum absolute atomic E-state index is 13.9. The zero-order chi connectivity index (χ0) is 28.7. The number of hydrogen-bond acceptors (Lipinski definition) is 8. The second kappa shape index (κ2) is 9.22. The van der Waals surface area contributed by atoms with Gasteiger partial charge >= 0.3 is 0 Å². The number of hydrogen-bond donors (Lipinski definition) is 1. The van der Waals surface area contributed by atoms with Gasteiger partial charge in [0.2, 0.25) is 11.8 Å². The largest absolute Gasteiger partial charge is 0.508 e. The number of nitrogens with zero attached hydrogens (tertiary/aromatic N) is 2. The molecule has 2 aliphatic carbocycles. The fourth-order valence-corrected chi connectivity index (χ4v) is 8.75. The summed E-state index contributed by atoms with van der Waals surface area (Å²) in [5.41, 5.74) is 0.936. The van der Waals surface area contributed by atoms with E-state index < -0.39 is 45.2 Å². The molecule has 4 amide bonds. The highest BCUT2D eigenvalue weighted by atomic mass is 35.5. The molecule has 1 saturated carbocycles. The van der Waals surface area contributed by atoms with E-state index in [1.165, 1.54) is 49.6 Å². The number of ether oxygens (including phenoxy) is 2. The van der Waals surface area contributed by atoms with E-state index in [1.54, 1.807) is 0 Å². The smallest absolute Gasteiger partial charge is 0.253 e. The number of imide groups is 2. The lowest BCUT2D eigenvalue weighted by molar-refractivity contribution is -0.141. The number of carbonyl (C=O) groups is 4. The van der Waals surface area contributed by atoms with Gasteiger partial charge in [0, 0.05) is 35.5 Å². The van der Waals surface area contributed by atoms with Crippen LogP contribution in [-0.2, 0) is 25.7 Å². The number of alkyl halides is 2. The van der Waals surface area contributed by atoms with Crippen molar-refractivity contribution in [3.63, 3.8) is 0 Å². The van der Waals surface area contributed by atoms with Gasteiger partial charge < -0.3 is 14.6 Å². The third-order valence-corrected chi connectivity index (χ3v) is 11.1. The molecule has 1 aromatic carbocycles. The minimum Gasteiger partial charge on any atom is -0.508 e. The molecule has 3 fully saturated rings. The Balaban J connectivity index is 1.55. The maximum atomic E-state index is 13.9. The number of fused-ring (bicyclic) bond motifs is 4. The first-order chi connectivity index (χ1) is 19.0. The zero-order valence-corrected chi connectivity index (χ0v) is 24.2. The molecule has 0 spiro atoms. The molecular formula is C28H26Cl2N2O7S. The van der Waals surface area contributed by atoms with Gasteiger partial charge in [-0.15, -0.1) is 34.5 Å². The van der Waals surface area contributed by atoms with Crippen molar-refractivity contribution in [2.24, 2.45) is 17.8 Å². The number of amides is 4. The average Bonchev–Trinajstić information content (AvgIpc) is 3.57. The highest BCUT2D eigenvalue weighted by molar-refractivity contribution is 7.09. The molecular weight excluding hydrogens is 579 g/mol. The summed E-state index contributed by atoms with van der Waals surface area (Å²) in [5.74, 6) is -4.91. The number of benzene rings is 1. The van der Waals surface area contributed by atoms with Crippen LogP contribution in [0.1, 0.15) is 29.2 Å². The molecule has 2 aliphatic heterocycles. The summed E-state index contributed by atoms with van der Waals surface area (Å²) < 4.78 is 11.2. The molecule has 40 heavy (non-hydrogen) atoms. The van der Waals surface area contributed by atoms with Gasteiger partial charge in [-0.25, -0.2) is 0 Å². The average molecular weight is 605 g/mol. The molecule has 12 heteroatoms. The molecule has 3 heterocycles. The quantitative estimate of drug-likeness (QED) is 0.315. The van der Waals surface area contributed by atoms with Crippen LogP contribution in [0.15, 0.2) is 41.3 Å². The Kier molecular flexibility index (Phi) is 6.25. The molecule has 2 aromatic rings. The minimum absolute atomic E-state index is 0.106. The van der Waals surface area contributed by atoms with Crippen molar-refractivity contribution in [1.29, 1.82) is 0 Å². The van der Waals surface area contributed by atoms with E-state index in [-0.39, 0.29) is 48.4 Å². The number of phenolic OH excluding ortho intramolecular Hbond substituents is 1. The van der Waals surface area contributed by atoms with E-state index in [0.717, 1.165) is 9.78 Å². The highest BCUT2D eigenvalue weighted by Crippen LogP contribution is 2.67. The predicted octanol–water partition coefficient (Wildman–Crippen LogP) is 3.66. The van der Waals surface area contributed by atoms with E-state index in [4.69, 9.17) is 32.7 Å². The predicted molar refractivity (Wildman–Crippen MR) is 147 cm³/mol. The van der Waals surface area contributed by atoms with Gasteiger partial charge in [0.05, 0.1) is 32.6 Å². The third kappa shape index (κ3) is 3.39. The molecule has 1 N–H and O–H groups in total. The van der Waals surface area contributed by atoms with E-state index in [1.807, 2.05) is 23.6 Å². The lowest BCUT2D eigenvalue weighted by Gasteiger charge is -2.51. The van der Waals surface area contributed by atoms with Gasteiger partial charge in [-0.3, -0.25) is 29.0 Å². The van der Waals surface area contributed by atoms with Crippen molar-refractivity contribution in [1.82, 2.24) is 9.80 Å². The van der Waals surface area contributed by atoms with Gasteiger partial charge in [-0.2, -0.15) is 0 Å². The summed E-state index contributed by atoms with van der Waals surface area (Å²) in [6.07, 6.45) is 1.99. The standard InChI is InChI=1S/C28H26Cl2N2O7S/c1-31-25(36)27(29)11-17-15(6-7-16-20(17)24(35)32(23(16)34)12-14-5-4-8-40-14)22(28(27,30)26(31)37)21-18(38-2)9-13(33)10-19(21)39-3/h4-6,8-10,16-17,20,22,33H,7,11-12H2,1-3H3. The van der Waals surface area contributed by atoms with Crippen molar-refractivity contribution in [2.75, 3.05) is 21.3 Å². The number of thiophene rings is 1. The lowest BCUT2D eigenvalue weighted by atomic mass is 9.56. The fraction of sp³-hybridized carbons (Fsp3) is 0.429. The van der Waals surface area contributed by atoms with E-state index in [2.05, 4.69) is 0 Å². The van der Waals surface area contributed by atoms with Crippen LogP contribution in [-0.4, -0.2) is 69.6 Å². The van der Waals surface area contributed by atoms with E-state index in [0.29, 0.717) is 11.1 Å². The van der Waals surface area contributed by atoms with Gasteiger partial charge in [0.1, 0.15) is 17.2 Å². The first-order valence-electron chi connectivity index (χ1n) is 12.7. The number of carbonyl (C=O) groups excluding carboxylic acids is 4. The molecule has 1 aromatic heterocycles. The third-order valence-electron chi connectivity index (χ3n) is 8.82. The zero-order valence-electron chi connectivity index (χ0n) is 21.9. The van der Waals surface area contributed by atoms with Crippen LogP contribution in [0.5, 0.6) is 17.2 Å². The van der Waals surface area contributed by atoms with E-state index >= 15 is 0 Å². The van der Waals surface area contributed by atoms with Crippen molar-refractivity contribution in [3.8, 4) is 17.2 Å². The van der Waals surface area contributed by atoms with Gasteiger partial charge in [-0.05, 0) is 30.2 Å². The summed E-state index contributed by atoms with van der Waals surface area (Å²) in [6, 6.07) is 6.45. The first-order valence-corrected chi connectivity index (χ1v) is 14.4. The SMILES string of the molecule is COc1cc(O)cc(OC)c1C1C2=CCC3C(=O)N(Cc4cccs4)C(=O)C3C2CC2(Cl)C(=O)N(C)C(=O)C12Cl. The Morgan fingerprint density at radius 1 is 1.05 bits per heavy atom. The van der Waals surface area contributed by atoms with E-state index in [9.17, 15) is 24.3 Å². The molecule has 0 bridgehead atoms. The van der Waals surface area contributed by atoms with Crippen LogP contribution in [0, 0.1) is 17.8 Å². The van der Waals surface area contributed by atoms with Crippen molar-refractivity contribution < 1.29 is 33.8 Å². The molecule has 2 saturated heterocycles. The first kappa shape index (κ1) is 27.1. The van der Waals surface area contributed by atoms with Gasteiger partial charge in [-0.1, -0.05) is 17.7 Å². The molecule has 6 atom stereocenters. The molecule has 210 valence electrons. The number of allylic oxidation sites excluding steroid dienone is 2. The normalized spacial score (nSPS) is 33.1. The Morgan fingerprint density at radius 2 is 1.73 bits per heavy atom. The Bertz CT molecular complexity index is 1470. The summed E-state index contributed by atoms with van der Waals surface area (Å²) in [6.45, 7) is 0.166. The van der Waals surface area contributed by atoms with Crippen LogP contribution in [0.4, 0.5) is 0 Å². The summed E-state index contributed by atoms with van der Waals surface area (Å²) in [4.78, 5) is 54.0. The monoisotopic (exact) mass is 604 g/mol. The van der Waals surface area contributed by atoms with Crippen LogP contribution in [0.3, 0.4) is 0 Å². The second-order valence-electron chi connectivity index (χ2n) is 10.6. The molecule has 9 nitrogen and oxygen atoms in total. The van der Waals surface area contributed by atoms with Crippen LogP contribution >= 0.6 is 34.5 Å². The number of phenols is 1. The van der Waals surface area contributed by atoms with Crippen molar-refractivity contribution in [2.45, 2.75) is 35.1 Å². The van der Waals surface area contributed by atoms with Crippen molar-refractivity contribution in [3.05, 3.63) is 51.7 Å². The number of aromatic hydroxyl groups is 1. The topological polar surface area (TPSA) is 113 Å². The Hall–Kier alpha value is -3.08. The molecule has 6 rings (SSSR count). The highest BCUT2D eigenvalue weighted by Gasteiger charge is 2.76. The number of rotatable bonds is 5. The lowest BCUT2D eigenvalue weighted by Crippen LogP contribution is -2.60.